The van der Waals surface area contributed by atoms with Crippen molar-refractivity contribution in [2.24, 2.45) is 0 Å². The first-order chi connectivity index (χ1) is 14.8. The van der Waals surface area contributed by atoms with Crippen LogP contribution in [-0.4, -0.2) is 39.4 Å². The number of aromatic nitrogens is 3. The number of pyridine rings is 2. The number of halogens is 3. The first-order valence-electron chi connectivity index (χ1n) is 9.36. The van der Waals surface area contributed by atoms with Crippen LogP contribution in [0.3, 0.4) is 0 Å². The topological polar surface area (TPSA) is 91.1 Å². The van der Waals surface area contributed by atoms with Gasteiger partial charge in [-0.25, -0.2) is 13.8 Å². The van der Waals surface area contributed by atoms with Crippen molar-refractivity contribution in [3.8, 4) is 0 Å². The van der Waals surface area contributed by atoms with Crippen LogP contribution in [0.4, 0.5) is 8.78 Å². The molecule has 3 aromatic heterocycles. The minimum absolute atomic E-state index is 0.00912. The smallest absolute Gasteiger partial charge is 0.270 e. The van der Waals surface area contributed by atoms with Gasteiger partial charge in [0.05, 0.1) is 29.7 Å². The number of nitrogens with one attached hydrogen (secondary N) is 2. The molecule has 1 amide bonds. The Morgan fingerprint density at radius 2 is 1.94 bits per heavy atom. The van der Waals surface area contributed by atoms with E-state index in [1.54, 1.807) is 19.2 Å². The maximum Gasteiger partial charge on any atom is 0.270 e. The van der Waals surface area contributed by atoms with E-state index in [0.29, 0.717) is 27.3 Å². The fourth-order valence-corrected chi connectivity index (χ4v) is 4.15. The summed E-state index contributed by atoms with van der Waals surface area (Å²) in [7, 11) is 1.58. The Bertz CT molecular complexity index is 1430. The quantitative estimate of drug-likeness (QED) is 0.493. The van der Waals surface area contributed by atoms with Gasteiger partial charge in [0.25, 0.3) is 11.5 Å². The van der Waals surface area contributed by atoms with Crippen LogP contribution in [0.25, 0.3) is 21.8 Å². The number of carbonyl (C=O) groups excluding carboxylic acids is 1. The van der Waals surface area contributed by atoms with Crippen LogP contribution < -0.4 is 5.56 Å². The van der Waals surface area contributed by atoms with Crippen LogP contribution in [-0.2, 0) is 11.3 Å². The summed E-state index contributed by atoms with van der Waals surface area (Å²) in [4.78, 5) is 36.8. The number of hydrogen-bond donors (Lipinski definition) is 2. The van der Waals surface area contributed by atoms with Crippen molar-refractivity contribution in [1.29, 1.82) is 0 Å². The standard InChI is InChI=1S/C21H15ClF2N4O3/c1-28(21(30)15-3-9-2-10(22)6-25-19(9)26-15)17-8-31-7-16-18(17)11-4-13(23)14(24)5-12(11)20(29)27-16/h2-6,17H,7-8H2,1H3,(H,25,26)(H,27,29)/t17-/m0/s1. The molecule has 2 N–H and O–H groups in total. The van der Waals surface area contributed by atoms with Crippen molar-refractivity contribution in [2.45, 2.75) is 12.6 Å². The summed E-state index contributed by atoms with van der Waals surface area (Å²) in [6.07, 6.45) is 1.47. The van der Waals surface area contributed by atoms with Gasteiger partial charge in [0, 0.05) is 29.9 Å². The minimum Gasteiger partial charge on any atom is -0.373 e. The van der Waals surface area contributed by atoms with Crippen molar-refractivity contribution in [1.82, 2.24) is 19.9 Å². The zero-order valence-electron chi connectivity index (χ0n) is 16.1. The number of amides is 1. The number of benzene rings is 1. The van der Waals surface area contributed by atoms with E-state index in [1.165, 1.54) is 11.1 Å². The molecule has 31 heavy (non-hydrogen) atoms. The molecule has 4 aromatic rings. The summed E-state index contributed by atoms with van der Waals surface area (Å²) in [6, 6.07) is 4.54. The van der Waals surface area contributed by atoms with E-state index in [0.717, 1.165) is 12.1 Å². The van der Waals surface area contributed by atoms with Crippen molar-refractivity contribution < 1.29 is 18.3 Å². The number of ether oxygens (including phenoxy) is 1. The van der Waals surface area contributed by atoms with E-state index in [2.05, 4.69) is 15.0 Å². The average Bonchev–Trinajstić information content (AvgIpc) is 3.17. The van der Waals surface area contributed by atoms with Crippen LogP contribution >= 0.6 is 11.6 Å². The molecule has 0 aliphatic carbocycles. The summed E-state index contributed by atoms with van der Waals surface area (Å²) in [6.45, 7) is 0.215. The lowest BCUT2D eigenvalue weighted by Crippen LogP contribution is -2.37. The highest BCUT2D eigenvalue weighted by Crippen LogP contribution is 2.34. The first kappa shape index (κ1) is 19.7. The molecule has 0 spiro atoms. The lowest BCUT2D eigenvalue weighted by Gasteiger charge is -2.33. The fourth-order valence-electron chi connectivity index (χ4n) is 3.98. The summed E-state index contributed by atoms with van der Waals surface area (Å²) >= 11 is 5.97. The molecule has 1 atom stereocenters. The molecule has 0 radical (unpaired) electrons. The zero-order chi connectivity index (χ0) is 21.9. The van der Waals surface area contributed by atoms with Crippen molar-refractivity contribution in [3.05, 3.63) is 74.4 Å². The lowest BCUT2D eigenvalue weighted by molar-refractivity contribution is 0.0333. The number of fused-ring (bicyclic) bond motifs is 4. The Morgan fingerprint density at radius 3 is 2.71 bits per heavy atom. The van der Waals surface area contributed by atoms with Crippen LogP contribution in [0.15, 0.2) is 35.3 Å². The maximum absolute atomic E-state index is 14.0. The number of carbonyl (C=O) groups is 1. The zero-order valence-corrected chi connectivity index (χ0v) is 16.9. The maximum atomic E-state index is 14.0. The highest BCUT2D eigenvalue weighted by atomic mass is 35.5. The minimum atomic E-state index is -1.12. The number of rotatable bonds is 2. The van der Waals surface area contributed by atoms with Gasteiger partial charge in [-0.2, -0.15) is 0 Å². The lowest BCUT2D eigenvalue weighted by atomic mass is 9.95. The highest BCUT2D eigenvalue weighted by molar-refractivity contribution is 6.31. The average molecular weight is 445 g/mol. The Hall–Kier alpha value is -3.30. The van der Waals surface area contributed by atoms with Gasteiger partial charge in [-0.05, 0) is 29.7 Å². The largest absolute Gasteiger partial charge is 0.373 e. The van der Waals surface area contributed by atoms with Gasteiger partial charge in [-0.1, -0.05) is 11.6 Å². The second-order valence-electron chi connectivity index (χ2n) is 7.38. The molecule has 158 valence electrons. The molecule has 0 bridgehead atoms. The third-order valence-electron chi connectivity index (χ3n) is 5.50. The number of H-pyrrole nitrogens is 2. The fraction of sp³-hybridized carbons (Fsp3) is 0.190. The van der Waals surface area contributed by atoms with Crippen molar-refractivity contribution >= 4 is 39.3 Å². The second-order valence-corrected chi connectivity index (χ2v) is 7.82. The molecule has 5 rings (SSSR count). The van der Waals surface area contributed by atoms with Gasteiger partial charge in [0.2, 0.25) is 0 Å². The molecule has 0 fully saturated rings. The Labute approximate surface area is 178 Å². The van der Waals surface area contributed by atoms with Gasteiger partial charge in [-0.15, -0.1) is 0 Å². The van der Waals surface area contributed by atoms with Crippen LogP contribution in [0.5, 0.6) is 0 Å². The molecular formula is C21H15ClF2N4O3. The van der Waals surface area contributed by atoms with Gasteiger partial charge >= 0.3 is 0 Å². The Balaban J connectivity index is 1.61. The first-order valence-corrected chi connectivity index (χ1v) is 9.74. The van der Waals surface area contributed by atoms with Crippen LogP contribution in [0, 0.1) is 11.6 Å². The number of hydrogen-bond acceptors (Lipinski definition) is 4. The predicted octanol–water partition coefficient (Wildman–Crippen LogP) is 3.68. The monoisotopic (exact) mass is 444 g/mol. The summed E-state index contributed by atoms with van der Waals surface area (Å²) in [5, 5.41) is 1.38. The Kier molecular flexibility index (Phi) is 4.53. The second kappa shape index (κ2) is 7.14. The van der Waals surface area contributed by atoms with E-state index in [1.807, 2.05) is 0 Å². The number of likely N-dealkylation sites (N-methyl/N-ethyl adjacent to an activating group) is 1. The molecule has 1 aliphatic heterocycles. The SMILES string of the molecule is CN(C(=O)c1cc2cc(Cl)cnc2[nH]1)[C@H]1COCc2[nH]c(=O)c3cc(F)c(F)cc3c21. The number of aromatic amines is 2. The molecule has 7 nitrogen and oxygen atoms in total. The van der Waals surface area contributed by atoms with Gasteiger partial charge in [-0.3, -0.25) is 9.59 Å². The molecule has 0 saturated heterocycles. The van der Waals surface area contributed by atoms with E-state index >= 15 is 0 Å². The van der Waals surface area contributed by atoms with E-state index in [-0.39, 0.29) is 35.6 Å². The van der Waals surface area contributed by atoms with E-state index in [4.69, 9.17) is 16.3 Å². The van der Waals surface area contributed by atoms with Gasteiger partial charge in [0.1, 0.15) is 11.3 Å². The summed E-state index contributed by atoms with van der Waals surface area (Å²) in [5.41, 5.74) is 1.18. The molecule has 1 aliphatic rings. The molecule has 1 aromatic carbocycles. The molecule has 10 heteroatoms. The Morgan fingerprint density at radius 1 is 1.19 bits per heavy atom. The predicted molar refractivity (Wildman–Crippen MR) is 110 cm³/mol. The summed E-state index contributed by atoms with van der Waals surface area (Å²) < 4.78 is 33.4. The molecule has 0 saturated carbocycles. The normalized spacial score (nSPS) is 15.9. The molecule has 4 heterocycles. The van der Waals surface area contributed by atoms with Crippen LogP contribution in [0.1, 0.15) is 27.8 Å². The third kappa shape index (κ3) is 3.17. The highest BCUT2D eigenvalue weighted by Gasteiger charge is 2.32. The summed E-state index contributed by atoms with van der Waals surface area (Å²) in [5.74, 6) is -2.55. The van der Waals surface area contributed by atoms with E-state index < -0.39 is 23.2 Å². The number of nitrogens with zero attached hydrogens (tertiary/aromatic N) is 2. The molecular weight excluding hydrogens is 430 g/mol. The van der Waals surface area contributed by atoms with E-state index in [9.17, 15) is 18.4 Å². The molecule has 0 unspecified atom stereocenters. The third-order valence-corrected chi connectivity index (χ3v) is 5.70. The van der Waals surface area contributed by atoms with Crippen LogP contribution in [0.2, 0.25) is 5.02 Å². The van der Waals surface area contributed by atoms with Crippen molar-refractivity contribution in [2.75, 3.05) is 13.7 Å². The van der Waals surface area contributed by atoms with Gasteiger partial charge in [0.15, 0.2) is 11.6 Å². The van der Waals surface area contributed by atoms with Crippen molar-refractivity contribution in [3.63, 3.8) is 0 Å². The van der Waals surface area contributed by atoms with Gasteiger partial charge < -0.3 is 19.6 Å².